The van der Waals surface area contributed by atoms with E-state index in [1.807, 2.05) is 25.1 Å². The van der Waals surface area contributed by atoms with Crippen molar-refractivity contribution < 1.29 is 9.13 Å². The summed E-state index contributed by atoms with van der Waals surface area (Å²) in [5, 5.41) is 0. The maximum atomic E-state index is 14.3. The lowest BCUT2D eigenvalue weighted by molar-refractivity contribution is 0.381. The van der Waals surface area contributed by atoms with E-state index in [0.717, 1.165) is 15.6 Å². The van der Waals surface area contributed by atoms with Gasteiger partial charge in [0.2, 0.25) is 0 Å². The van der Waals surface area contributed by atoms with Crippen molar-refractivity contribution in [3.05, 3.63) is 63.4 Å². The number of aryl methyl sites for hydroxylation is 1. The molecule has 2 aromatic carbocycles. The summed E-state index contributed by atoms with van der Waals surface area (Å²) in [6, 6.07) is 10.4. The molecule has 2 rings (SSSR count). The molecule has 0 aliphatic rings. The highest BCUT2D eigenvalue weighted by molar-refractivity contribution is 9.10. The van der Waals surface area contributed by atoms with Gasteiger partial charge in [0.25, 0.3) is 0 Å². The van der Waals surface area contributed by atoms with E-state index in [1.165, 1.54) is 7.11 Å². The number of hydrogen-bond acceptors (Lipinski definition) is 3. The summed E-state index contributed by atoms with van der Waals surface area (Å²) in [5.41, 5.74) is 5.07. The largest absolute Gasteiger partial charge is 0.494 e. The lowest BCUT2D eigenvalue weighted by atomic mass is 9.97. The number of methoxy groups -OCH3 is 1. The Morgan fingerprint density at radius 2 is 2.05 bits per heavy atom. The maximum Gasteiger partial charge on any atom is 0.170 e. The summed E-state index contributed by atoms with van der Waals surface area (Å²) >= 11 is 3.45. The molecule has 0 heterocycles. The number of benzene rings is 2. The van der Waals surface area contributed by atoms with Crippen molar-refractivity contribution >= 4 is 15.9 Å². The topological polar surface area (TPSA) is 47.3 Å². The smallest absolute Gasteiger partial charge is 0.170 e. The summed E-state index contributed by atoms with van der Waals surface area (Å²) in [7, 11) is 1.44. The quantitative estimate of drug-likeness (QED) is 0.663. The van der Waals surface area contributed by atoms with Gasteiger partial charge in [-0.3, -0.25) is 5.84 Å². The van der Waals surface area contributed by atoms with Crippen LogP contribution in [-0.2, 0) is 0 Å². The lowest BCUT2D eigenvalue weighted by Crippen LogP contribution is -2.29. The zero-order valence-corrected chi connectivity index (χ0v) is 12.9. The molecule has 1 atom stereocenters. The van der Waals surface area contributed by atoms with Crippen molar-refractivity contribution in [1.29, 1.82) is 0 Å². The Labute approximate surface area is 126 Å². The Bertz CT molecular complexity index is 619. The molecule has 0 fully saturated rings. The van der Waals surface area contributed by atoms with Crippen molar-refractivity contribution in [2.24, 2.45) is 5.84 Å². The van der Waals surface area contributed by atoms with Crippen molar-refractivity contribution in [1.82, 2.24) is 5.43 Å². The summed E-state index contributed by atoms with van der Waals surface area (Å²) in [5.74, 6) is 5.42. The first-order valence-electron chi connectivity index (χ1n) is 6.13. The Kier molecular flexibility index (Phi) is 4.75. The third kappa shape index (κ3) is 2.85. The van der Waals surface area contributed by atoms with Gasteiger partial charge in [0.05, 0.1) is 13.2 Å². The van der Waals surface area contributed by atoms with Crippen molar-refractivity contribution in [3.63, 3.8) is 0 Å². The number of hydrogen-bond donors (Lipinski definition) is 2. The van der Waals surface area contributed by atoms with Crippen LogP contribution < -0.4 is 16.0 Å². The van der Waals surface area contributed by atoms with E-state index in [-0.39, 0.29) is 5.75 Å². The van der Waals surface area contributed by atoms with Gasteiger partial charge in [0.1, 0.15) is 0 Å². The van der Waals surface area contributed by atoms with Gasteiger partial charge in [-0.05, 0) is 30.2 Å². The molecule has 106 valence electrons. The van der Waals surface area contributed by atoms with Crippen LogP contribution in [0.1, 0.15) is 22.7 Å². The molecular formula is C15H16BrFN2O. The molecule has 0 saturated carbocycles. The second kappa shape index (κ2) is 6.35. The summed E-state index contributed by atoms with van der Waals surface area (Å²) in [4.78, 5) is 0. The number of nitrogens with one attached hydrogen (secondary N) is 1. The van der Waals surface area contributed by atoms with Gasteiger partial charge in [-0.2, -0.15) is 0 Å². The third-order valence-electron chi connectivity index (χ3n) is 3.21. The van der Waals surface area contributed by atoms with Crippen LogP contribution in [0, 0.1) is 12.7 Å². The fraction of sp³-hybridized carbons (Fsp3) is 0.200. The van der Waals surface area contributed by atoms with Gasteiger partial charge in [0, 0.05) is 10.0 Å². The average molecular weight is 339 g/mol. The molecule has 0 aromatic heterocycles. The van der Waals surface area contributed by atoms with Gasteiger partial charge < -0.3 is 4.74 Å². The van der Waals surface area contributed by atoms with Crippen LogP contribution in [-0.4, -0.2) is 7.11 Å². The highest BCUT2D eigenvalue weighted by atomic mass is 79.9. The highest BCUT2D eigenvalue weighted by Gasteiger charge is 2.19. The summed E-state index contributed by atoms with van der Waals surface area (Å²) in [6.45, 7) is 1.98. The lowest BCUT2D eigenvalue weighted by Gasteiger charge is -2.19. The van der Waals surface area contributed by atoms with Gasteiger partial charge in [-0.1, -0.05) is 40.2 Å². The highest BCUT2D eigenvalue weighted by Crippen LogP contribution is 2.30. The predicted octanol–water partition coefficient (Wildman–Crippen LogP) is 3.46. The number of hydrazine groups is 1. The summed E-state index contributed by atoms with van der Waals surface area (Å²) < 4.78 is 20.4. The zero-order valence-electron chi connectivity index (χ0n) is 11.3. The number of ether oxygens (including phenoxy) is 1. The van der Waals surface area contributed by atoms with Gasteiger partial charge in [-0.15, -0.1) is 0 Å². The fourth-order valence-corrected chi connectivity index (χ4v) is 2.37. The molecule has 3 N–H and O–H groups in total. The van der Waals surface area contributed by atoms with E-state index in [0.29, 0.717) is 5.56 Å². The Balaban J connectivity index is 2.49. The van der Waals surface area contributed by atoms with Gasteiger partial charge >= 0.3 is 0 Å². The molecule has 5 heteroatoms. The number of halogens is 2. The molecule has 1 unspecified atom stereocenters. The SMILES string of the molecule is COc1cccc(C(NN)c2ccc(Br)c(C)c2)c1F. The molecule has 0 radical (unpaired) electrons. The molecular weight excluding hydrogens is 323 g/mol. The van der Waals surface area contributed by atoms with Crippen molar-refractivity contribution in [3.8, 4) is 5.75 Å². The molecule has 3 nitrogen and oxygen atoms in total. The first kappa shape index (κ1) is 15.0. The molecule has 2 aromatic rings. The minimum Gasteiger partial charge on any atom is -0.494 e. The van der Waals surface area contributed by atoms with E-state index >= 15 is 0 Å². The summed E-state index contributed by atoms with van der Waals surface area (Å²) in [6.07, 6.45) is 0. The van der Waals surface area contributed by atoms with Crippen LogP contribution >= 0.6 is 15.9 Å². The van der Waals surface area contributed by atoms with Crippen LogP contribution in [0.15, 0.2) is 40.9 Å². The monoisotopic (exact) mass is 338 g/mol. The first-order chi connectivity index (χ1) is 9.58. The van der Waals surface area contributed by atoms with E-state index in [1.54, 1.807) is 18.2 Å². The van der Waals surface area contributed by atoms with E-state index < -0.39 is 11.9 Å². The minimum absolute atomic E-state index is 0.205. The van der Waals surface area contributed by atoms with Crippen LogP contribution in [0.3, 0.4) is 0 Å². The van der Waals surface area contributed by atoms with E-state index in [4.69, 9.17) is 10.6 Å². The van der Waals surface area contributed by atoms with Crippen molar-refractivity contribution in [2.45, 2.75) is 13.0 Å². The number of nitrogens with two attached hydrogens (primary N) is 1. The third-order valence-corrected chi connectivity index (χ3v) is 4.10. The predicted molar refractivity (Wildman–Crippen MR) is 81.0 cm³/mol. The van der Waals surface area contributed by atoms with Crippen LogP contribution in [0.2, 0.25) is 0 Å². The van der Waals surface area contributed by atoms with Crippen molar-refractivity contribution in [2.75, 3.05) is 7.11 Å². The van der Waals surface area contributed by atoms with Gasteiger partial charge in [-0.25, -0.2) is 9.82 Å². The molecule has 20 heavy (non-hydrogen) atoms. The standard InChI is InChI=1S/C15H16BrFN2O/c1-9-8-10(6-7-12(9)16)15(19-18)11-4-3-5-13(20-2)14(11)17/h3-8,15,19H,18H2,1-2H3. The molecule has 0 saturated heterocycles. The minimum atomic E-state index is -0.433. The first-order valence-corrected chi connectivity index (χ1v) is 6.92. The number of rotatable bonds is 4. The second-order valence-electron chi connectivity index (χ2n) is 4.47. The van der Waals surface area contributed by atoms with Crippen LogP contribution in [0.25, 0.3) is 0 Å². The van der Waals surface area contributed by atoms with Gasteiger partial charge in [0.15, 0.2) is 11.6 Å². The average Bonchev–Trinajstić information content (AvgIpc) is 2.45. The van der Waals surface area contributed by atoms with E-state index in [2.05, 4.69) is 21.4 Å². The normalized spacial score (nSPS) is 12.2. The van der Waals surface area contributed by atoms with E-state index in [9.17, 15) is 4.39 Å². The molecule has 0 aliphatic carbocycles. The maximum absolute atomic E-state index is 14.3. The Hall–Kier alpha value is -1.43. The van der Waals surface area contributed by atoms with Crippen LogP contribution in [0.4, 0.5) is 4.39 Å². The molecule has 0 amide bonds. The molecule has 0 bridgehead atoms. The zero-order chi connectivity index (χ0) is 14.7. The van der Waals surface area contributed by atoms with Crippen LogP contribution in [0.5, 0.6) is 5.75 Å². The Morgan fingerprint density at radius 3 is 2.65 bits per heavy atom. The Morgan fingerprint density at radius 1 is 1.30 bits per heavy atom. The second-order valence-corrected chi connectivity index (χ2v) is 5.33. The molecule has 0 spiro atoms. The molecule has 0 aliphatic heterocycles. The fourth-order valence-electron chi connectivity index (χ4n) is 2.12.